The van der Waals surface area contributed by atoms with E-state index in [0.29, 0.717) is 6.73 Å². The number of hydrazone groups is 1. The van der Waals surface area contributed by atoms with Crippen molar-refractivity contribution in [2.45, 2.75) is 20.8 Å². The number of rotatable bonds is 0. The molecule has 9 heavy (non-hydrogen) atoms. The van der Waals surface area contributed by atoms with Crippen LogP contribution in [0.1, 0.15) is 20.8 Å². The Morgan fingerprint density at radius 1 is 1.56 bits per heavy atom. The Morgan fingerprint density at radius 3 is 2.22 bits per heavy atom. The lowest BCUT2D eigenvalue weighted by atomic mass is 10.3. The topological polar surface area (TPSA) is 33.6 Å². The van der Waals surface area contributed by atoms with Gasteiger partial charge in [-0.3, -0.25) is 5.43 Å². The first-order chi connectivity index (χ1) is 4.23. The monoisotopic (exact) mass is 130 g/mol. The third-order valence-electron chi connectivity index (χ3n) is 0.366. The molecule has 0 aliphatic carbocycles. The molecule has 0 atom stereocenters. The number of nitrogens with one attached hydrogen (secondary N) is 1. The molecule has 0 aromatic rings. The Morgan fingerprint density at radius 2 is 2.11 bits per heavy atom. The van der Waals surface area contributed by atoms with Crippen LogP contribution in [0, 0.1) is 5.92 Å². The van der Waals surface area contributed by atoms with Crippen LogP contribution < -0.4 is 5.43 Å². The van der Waals surface area contributed by atoms with E-state index in [1.807, 2.05) is 0 Å². The van der Waals surface area contributed by atoms with Gasteiger partial charge < -0.3 is 4.74 Å². The molecule has 3 heteroatoms. The Bertz CT molecular complexity index is 72.4. The van der Waals surface area contributed by atoms with E-state index >= 15 is 0 Å². The summed E-state index contributed by atoms with van der Waals surface area (Å²) < 4.78 is 4.54. The highest BCUT2D eigenvalue weighted by Crippen LogP contribution is 1.81. The molecule has 0 unspecified atom stereocenters. The SMILES string of the molecule is C1=NNCO1.CC(C)C. The van der Waals surface area contributed by atoms with Crippen LogP contribution in [0.3, 0.4) is 0 Å². The van der Waals surface area contributed by atoms with E-state index in [1.54, 1.807) is 0 Å². The van der Waals surface area contributed by atoms with E-state index in [0.717, 1.165) is 5.92 Å². The van der Waals surface area contributed by atoms with Crippen molar-refractivity contribution >= 4 is 6.40 Å². The van der Waals surface area contributed by atoms with Crippen LogP contribution in [0.25, 0.3) is 0 Å². The summed E-state index contributed by atoms with van der Waals surface area (Å²) in [5.41, 5.74) is 2.57. The van der Waals surface area contributed by atoms with Crippen LogP contribution in [-0.4, -0.2) is 13.1 Å². The Kier molecular flexibility index (Phi) is 4.97. The van der Waals surface area contributed by atoms with E-state index in [-0.39, 0.29) is 0 Å². The lowest BCUT2D eigenvalue weighted by Crippen LogP contribution is -1.98. The molecular formula is C6H14N2O. The molecule has 0 fully saturated rings. The van der Waals surface area contributed by atoms with E-state index in [2.05, 4.69) is 36.0 Å². The second-order valence-electron chi connectivity index (χ2n) is 2.44. The molecule has 1 rings (SSSR count). The maximum absolute atomic E-state index is 4.54. The van der Waals surface area contributed by atoms with Gasteiger partial charge in [-0.1, -0.05) is 20.8 Å². The van der Waals surface area contributed by atoms with Gasteiger partial charge in [0.2, 0.25) is 0 Å². The van der Waals surface area contributed by atoms with Gasteiger partial charge in [0.25, 0.3) is 0 Å². The summed E-state index contributed by atoms with van der Waals surface area (Å²) in [6.45, 7) is 7.03. The normalized spacial score (nSPS) is 13.8. The van der Waals surface area contributed by atoms with Crippen molar-refractivity contribution in [1.29, 1.82) is 0 Å². The van der Waals surface area contributed by atoms with Crippen molar-refractivity contribution in [3.63, 3.8) is 0 Å². The minimum atomic E-state index is 0.528. The lowest BCUT2D eigenvalue weighted by molar-refractivity contribution is 0.327. The lowest BCUT2D eigenvalue weighted by Gasteiger charge is -1.79. The number of nitrogens with zero attached hydrogens (tertiary/aromatic N) is 1. The van der Waals surface area contributed by atoms with E-state index < -0.39 is 0 Å². The van der Waals surface area contributed by atoms with Gasteiger partial charge in [0, 0.05) is 0 Å². The van der Waals surface area contributed by atoms with Crippen LogP contribution in [-0.2, 0) is 4.74 Å². The summed E-state index contributed by atoms with van der Waals surface area (Å²) in [5, 5.41) is 3.49. The van der Waals surface area contributed by atoms with Crippen LogP contribution in [0.15, 0.2) is 5.10 Å². The van der Waals surface area contributed by atoms with Gasteiger partial charge in [0.1, 0.15) is 0 Å². The second kappa shape index (κ2) is 5.41. The molecular weight excluding hydrogens is 116 g/mol. The zero-order valence-corrected chi connectivity index (χ0v) is 6.22. The van der Waals surface area contributed by atoms with Crippen molar-refractivity contribution in [1.82, 2.24) is 5.43 Å². The first-order valence-corrected chi connectivity index (χ1v) is 3.09. The third kappa shape index (κ3) is 11.1. The fraction of sp³-hybridized carbons (Fsp3) is 0.833. The Balaban J connectivity index is 0.000000148. The van der Waals surface area contributed by atoms with Crippen LogP contribution in [0.4, 0.5) is 0 Å². The molecule has 0 spiro atoms. The highest BCUT2D eigenvalue weighted by Gasteiger charge is 1.81. The second-order valence-corrected chi connectivity index (χ2v) is 2.44. The summed E-state index contributed by atoms with van der Waals surface area (Å²) in [4.78, 5) is 0. The van der Waals surface area contributed by atoms with Crippen molar-refractivity contribution in [3.8, 4) is 0 Å². The van der Waals surface area contributed by atoms with Gasteiger partial charge in [-0.15, -0.1) is 5.10 Å². The number of ether oxygens (including phenoxy) is 1. The summed E-state index contributed by atoms with van der Waals surface area (Å²) in [7, 11) is 0. The molecule has 3 nitrogen and oxygen atoms in total. The average Bonchev–Trinajstić information content (AvgIpc) is 2.11. The van der Waals surface area contributed by atoms with Crippen molar-refractivity contribution < 1.29 is 4.74 Å². The molecule has 1 aliphatic rings. The molecule has 0 aromatic carbocycles. The fourth-order valence-electron chi connectivity index (χ4n) is 0.186. The minimum absolute atomic E-state index is 0.528. The van der Waals surface area contributed by atoms with Gasteiger partial charge in [-0.05, 0) is 5.92 Å². The molecule has 0 aromatic heterocycles. The average molecular weight is 130 g/mol. The van der Waals surface area contributed by atoms with Gasteiger partial charge >= 0.3 is 0 Å². The van der Waals surface area contributed by atoms with Gasteiger partial charge in [0.15, 0.2) is 13.1 Å². The zero-order valence-electron chi connectivity index (χ0n) is 6.22. The van der Waals surface area contributed by atoms with E-state index in [4.69, 9.17) is 0 Å². The summed E-state index contributed by atoms with van der Waals surface area (Å²) in [5.74, 6) is 0.833. The zero-order chi connectivity index (χ0) is 7.11. The molecule has 0 saturated carbocycles. The number of hydrogen-bond acceptors (Lipinski definition) is 3. The van der Waals surface area contributed by atoms with Crippen LogP contribution in [0.2, 0.25) is 0 Å². The molecule has 54 valence electrons. The first-order valence-electron chi connectivity index (χ1n) is 3.09. The quantitative estimate of drug-likeness (QED) is 0.534. The Hall–Kier alpha value is -0.730. The van der Waals surface area contributed by atoms with E-state index in [9.17, 15) is 0 Å². The molecule has 0 bridgehead atoms. The standard InChI is InChI=1S/C4H10.C2H4N2O/c1-4(2)3;1-3-4-2-5-1/h4H,1-3H3;1,4H,2H2. The molecule has 1 aliphatic heterocycles. The largest absolute Gasteiger partial charge is 0.460 e. The van der Waals surface area contributed by atoms with Crippen molar-refractivity contribution in [2.75, 3.05) is 6.73 Å². The summed E-state index contributed by atoms with van der Waals surface area (Å²) in [6, 6.07) is 0. The summed E-state index contributed by atoms with van der Waals surface area (Å²) >= 11 is 0. The van der Waals surface area contributed by atoms with E-state index in [1.165, 1.54) is 6.40 Å². The maximum Gasteiger partial charge on any atom is 0.194 e. The van der Waals surface area contributed by atoms with Crippen LogP contribution >= 0.6 is 0 Å². The Labute approximate surface area is 56.1 Å². The van der Waals surface area contributed by atoms with Gasteiger partial charge in [-0.2, -0.15) is 0 Å². The third-order valence-corrected chi connectivity index (χ3v) is 0.366. The molecule has 0 saturated heterocycles. The fourth-order valence-corrected chi connectivity index (χ4v) is 0.186. The van der Waals surface area contributed by atoms with Crippen LogP contribution in [0.5, 0.6) is 0 Å². The van der Waals surface area contributed by atoms with Gasteiger partial charge in [0.05, 0.1) is 0 Å². The number of hydrogen-bond donors (Lipinski definition) is 1. The maximum atomic E-state index is 4.54. The van der Waals surface area contributed by atoms with Gasteiger partial charge in [-0.25, -0.2) is 0 Å². The van der Waals surface area contributed by atoms with Crippen molar-refractivity contribution in [2.24, 2.45) is 11.0 Å². The predicted octanol–water partition coefficient (Wildman–Crippen LogP) is 1.17. The molecule has 0 amide bonds. The molecule has 1 N–H and O–H groups in total. The highest BCUT2D eigenvalue weighted by atomic mass is 16.5. The molecule has 0 radical (unpaired) electrons. The predicted molar refractivity (Wildman–Crippen MR) is 38.1 cm³/mol. The highest BCUT2D eigenvalue weighted by molar-refractivity contribution is 5.46. The summed E-state index contributed by atoms with van der Waals surface area (Å²) in [6.07, 6.45) is 1.38. The minimum Gasteiger partial charge on any atom is -0.460 e. The van der Waals surface area contributed by atoms with Crippen molar-refractivity contribution in [3.05, 3.63) is 0 Å². The first kappa shape index (κ1) is 8.27. The smallest absolute Gasteiger partial charge is 0.194 e. The molecule has 1 heterocycles.